The molecular formula is C17H18N4O2S. The van der Waals surface area contributed by atoms with Crippen LogP contribution in [0.1, 0.15) is 16.3 Å². The summed E-state index contributed by atoms with van der Waals surface area (Å²) >= 11 is 1.58. The van der Waals surface area contributed by atoms with E-state index in [4.69, 9.17) is 4.42 Å². The second-order valence-electron chi connectivity index (χ2n) is 5.24. The normalized spacial score (nSPS) is 10.5. The summed E-state index contributed by atoms with van der Waals surface area (Å²) in [6.45, 7) is 2.84. The van der Waals surface area contributed by atoms with Crippen LogP contribution < -0.4 is 10.6 Å². The van der Waals surface area contributed by atoms with Gasteiger partial charge in [-0.25, -0.2) is 9.78 Å². The van der Waals surface area contributed by atoms with Gasteiger partial charge in [-0.05, 0) is 37.1 Å². The third kappa shape index (κ3) is 4.42. The molecule has 3 aromatic heterocycles. The highest BCUT2D eigenvalue weighted by Gasteiger charge is 2.08. The van der Waals surface area contributed by atoms with Gasteiger partial charge in [-0.1, -0.05) is 6.07 Å². The number of thiazole rings is 1. The van der Waals surface area contributed by atoms with Gasteiger partial charge in [-0.15, -0.1) is 11.3 Å². The highest BCUT2D eigenvalue weighted by atomic mass is 32.1. The van der Waals surface area contributed by atoms with Crippen LogP contribution in [-0.4, -0.2) is 22.5 Å². The maximum absolute atomic E-state index is 11.8. The van der Waals surface area contributed by atoms with Crippen LogP contribution in [0, 0.1) is 6.92 Å². The Hall–Kier alpha value is -2.67. The summed E-state index contributed by atoms with van der Waals surface area (Å²) < 4.78 is 5.70. The molecular weight excluding hydrogens is 324 g/mol. The van der Waals surface area contributed by atoms with Gasteiger partial charge in [0.05, 0.1) is 11.6 Å². The van der Waals surface area contributed by atoms with Crippen molar-refractivity contribution in [2.45, 2.75) is 19.9 Å². The minimum Gasteiger partial charge on any atom is -0.458 e. The first kappa shape index (κ1) is 16.2. The molecule has 3 heterocycles. The van der Waals surface area contributed by atoms with Crippen LogP contribution in [-0.2, 0) is 13.0 Å². The van der Waals surface area contributed by atoms with Crippen molar-refractivity contribution in [2.24, 2.45) is 0 Å². The van der Waals surface area contributed by atoms with E-state index in [0.29, 0.717) is 24.6 Å². The third-order valence-electron chi connectivity index (χ3n) is 3.38. The second kappa shape index (κ2) is 7.74. The van der Waals surface area contributed by atoms with Crippen molar-refractivity contribution in [1.82, 2.24) is 20.6 Å². The number of nitrogens with zero attached hydrogens (tertiary/aromatic N) is 2. The van der Waals surface area contributed by atoms with Crippen molar-refractivity contribution in [3.05, 3.63) is 58.4 Å². The monoisotopic (exact) mass is 342 g/mol. The minimum absolute atomic E-state index is 0.221. The van der Waals surface area contributed by atoms with Crippen molar-refractivity contribution < 1.29 is 9.21 Å². The Bertz CT molecular complexity index is 798. The van der Waals surface area contributed by atoms with Gasteiger partial charge in [-0.3, -0.25) is 4.98 Å². The Morgan fingerprint density at radius 3 is 2.96 bits per heavy atom. The molecule has 0 bridgehead atoms. The summed E-state index contributed by atoms with van der Waals surface area (Å²) in [4.78, 5) is 20.2. The number of amides is 2. The molecule has 2 N–H and O–H groups in total. The van der Waals surface area contributed by atoms with E-state index in [0.717, 1.165) is 22.7 Å². The molecule has 0 aromatic carbocycles. The Kier molecular flexibility index (Phi) is 5.22. The molecule has 0 atom stereocenters. The smallest absolute Gasteiger partial charge is 0.315 e. The Morgan fingerprint density at radius 1 is 1.29 bits per heavy atom. The standard InChI is InChI=1S/C17H18N4O2S/c1-12-21-15(11-24-12)16-5-4-14(23-16)10-20-17(22)19-8-6-13-3-2-7-18-9-13/h2-5,7,9,11H,6,8,10H2,1H3,(H2,19,20,22). The van der Waals surface area contributed by atoms with E-state index in [9.17, 15) is 4.79 Å². The largest absolute Gasteiger partial charge is 0.458 e. The molecule has 0 fully saturated rings. The zero-order valence-corrected chi connectivity index (χ0v) is 14.1. The zero-order valence-electron chi connectivity index (χ0n) is 13.3. The van der Waals surface area contributed by atoms with Gasteiger partial charge in [0, 0.05) is 24.3 Å². The van der Waals surface area contributed by atoms with E-state index < -0.39 is 0 Å². The highest BCUT2D eigenvalue weighted by molar-refractivity contribution is 7.09. The van der Waals surface area contributed by atoms with E-state index in [2.05, 4.69) is 20.6 Å². The molecule has 0 saturated heterocycles. The van der Waals surface area contributed by atoms with Gasteiger partial charge >= 0.3 is 6.03 Å². The molecule has 0 saturated carbocycles. The summed E-state index contributed by atoms with van der Waals surface area (Å²) in [7, 11) is 0. The number of furan rings is 1. The van der Waals surface area contributed by atoms with Gasteiger partial charge in [0.2, 0.25) is 0 Å². The lowest BCUT2D eigenvalue weighted by Crippen LogP contribution is -2.36. The predicted octanol–water partition coefficient (Wildman–Crippen LogP) is 3.15. The average Bonchev–Trinajstić information content (AvgIpc) is 3.23. The maximum Gasteiger partial charge on any atom is 0.315 e. The minimum atomic E-state index is -0.221. The molecule has 24 heavy (non-hydrogen) atoms. The lowest BCUT2D eigenvalue weighted by molar-refractivity contribution is 0.239. The Balaban J connectivity index is 1.42. The number of aromatic nitrogens is 2. The number of aryl methyl sites for hydroxylation is 1. The molecule has 124 valence electrons. The van der Waals surface area contributed by atoms with E-state index in [1.54, 1.807) is 23.7 Å². The number of hydrogen-bond donors (Lipinski definition) is 2. The van der Waals surface area contributed by atoms with Crippen LogP contribution in [0.3, 0.4) is 0 Å². The predicted molar refractivity (Wildman–Crippen MR) is 92.7 cm³/mol. The lowest BCUT2D eigenvalue weighted by Gasteiger charge is -2.06. The molecule has 0 aliphatic carbocycles. The molecule has 2 amide bonds. The first-order chi connectivity index (χ1) is 11.7. The van der Waals surface area contributed by atoms with Crippen LogP contribution in [0.15, 0.2) is 46.5 Å². The van der Waals surface area contributed by atoms with Crippen molar-refractivity contribution in [2.75, 3.05) is 6.54 Å². The lowest BCUT2D eigenvalue weighted by atomic mass is 10.2. The van der Waals surface area contributed by atoms with Gasteiger partial charge < -0.3 is 15.1 Å². The van der Waals surface area contributed by atoms with Crippen LogP contribution in [0.25, 0.3) is 11.5 Å². The summed E-state index contributed by atoms with van der Waals surface area (Å²) in [5.74, 6) is 1.41. The molecule has 7 heteroatoms. The summed E-state index contributed by atoms with van der Waals surface area (Å²) in [5.41, 5.74) is 1.91. The SMILES string of the molecule is Cc1nc(-c2ccc(CNC(=O)NCCc3cccnc3)o2)cs1. The number of carbonyl (C=O) groups is 1. The van der Waals surface area contributed by atoms with Gasteiger partial charge in [-0.2, -0.15) is 0 Å². The van der Waals surface area contributed by atoms with E-state index in [1.807, 2.05) is 36.6 Å². The van der Waals surface area contributed by atoms with Crippen molar-refractivity contribution in [1.29, 1.82) is 0 Å². The fraction of sp³-hybridized carbons (Fsp3) is 0.235. The van der Waals surface area contributed by atoms with Crippen LogP contribution in [0.5, 0.6) is 0 Å². The van der Waals surface area contributed by atoms with Gasteiger partial charge in [0.1, 0.15) is 11.5 Å². The number of urea groups is 1. The summed E-state index contributed by atoms with van der Waals surface area (Å²) in [5, 5.41) is 8.54. The number of rotatable bonds is 6. The van der Waals surface area contributed by atoms with Gasteiger partial charge in [0.25, 0.3) is 0 Å². The molecule has 6 nitrogen and oxygen atoms in total. The summed E-state index contributed by atoms with van der Waals surface area (Å²) in [6.07, 6.45) is 4.27. The summed E-state index contributed by atoms with van der Waals surface area (Å²) in [6, 6.07) is 7.36. The second-order valence-corrected chi connectivity index (χ2v) is 6.30. The fourth-order valence-electron chi connectivity index (χ4n) is 2.18. The van der Waals surface area contributed by atoms with Crippen molar-refractivity contribution in [3.8, 4) is 11.5 Å². The molecule has 0 unspecified atom stereocenters. The number of nitrogens with one attached hydrogen (secondary N) is 2. The van der Waals surface area contributed by atoms with E-state index >= 15 is 0 Å². The topological polar surface area (TPSA) is 80.0 Å². The molecule has 3 aromatic rings. The Morgan fingerprint density at radius 2 is 2.21 bits per heavy atom. The third-order valence-corrected chi connectivity index (χ3v) is 4.15. The first-order valence-corrected chi connectivity index (χ1v) is 8.50. The van der Waals surface area contributed by atoms with Crippen LogP contribution >= 0.6 is 11.3 Å². The fourth-order valence-corrected chi connectivity index (χ4v) is 2.79. The van der Waals surface area contributed by atoms with Crippen LogP contribution in [0.4, 0.5) is 4.79 Å². The average molecular weight is 342 g/mol. The highest BCUT2D eigenvalue weighted by Crippen LogP contribution is 2.23. The van der Waals surface area contributed by atoms with Crippen LogP contribution in [0.2, 0.25) is 0 Å². The van der Waals surface area contributed by atoms with Crippen molar-refractivity contribution >= 4 is 17.4 Å². The first-order valence-electron chi connectivity index (χ1n) is 7.62. The Labute approximate surface area is 144 Å². The molecule has 0 spiro atoms. The number of carbonyl (C=O) groups excluding carboxylic acids is 1. The number of pyridine rings is 1. The molecule has 0 aliphatic rings. The zero-order chi connectivity index (χ0) is 16.8. The molecule has 0 radical (unpaired) electrons. The number of hydrogen-bond acceptors (Lipinski definition) is 5. The molecule has 0 aliphatic heterocycles. The van der Waals surface area contributed by atoms with E-state index in [-0.39, 0.29) is 6.03 Å². The van der Waals surface area contributed by atoms with E-state index in [1.165, 1.54) is 0 Å². The van der Waals surface area contributed by atoms with Crippen molar-refractivity contribution in [3.63, 3.8) is 0 Å². The maximum atomic E-state index is 11.8. The molecule has 3 rings (SSSR count). The van der Waals surface area contributed by atoms with Gasteiger partial charge in [0.15, 0.2) is 5.76 Å². The quantitative estimate of drug-likeness (QED) is 0.721.